The molecule has 0 spiro atoms. The van der Waals surface area contributed by atoms with Crippen LogP contribution in [0.5, 0.6) is 0 Å². The summed E-state index contributed by atoms with van der Waals surface area (Å²) >= 11 is 7.35. The van der Waals surface area contributed by atoms with Crippen LogP contribution in [-0.4, -0.2) is 24.5 Å². The number of amides is 1. The number of thiophene rings is 1. The molecule has 1 fully saturated rings. The summed E-state index contributed by atoms with van der Waals surface area (Å²) in [6.45, 7) is 2.10. The second-order valence-electron chi connectivity index (χ2n) is 7.19. The highest BCUT2D eigenvalue weighted by Crippen LogP contribution is 2.30. The minimum Gasteiger partial charge on any atom is -0.464 e. The van der Waals surface area contributed by atoms with E-state index >= 15 is 0 Å². The molecular weight excluding hydrogens is 394 g/mol. The number of carbonyl (C=O) groups excluding carboxylic acids is 2. The Morgan fingerprint density at radius 2 is 1.86 bits per heavy atom. The van der Waals surface area contributed by atoms with Gasteiger partial charge >= 0.3 is 5.97 Å². The van der Waals surface area contributed by atoms with Crippen LogP contribution in [0, 0.1) is 5.92 Å². The van der Waals surface area contributed by atoms with Gasteiger partial charge in [0.05, 0.1) is 11.5 Å². The van der Waals surface area contributed by atoms with Gasteiger partial charge in [-0.3, -0.25) is 4.79 Å². The molecule has 1 aromatic heterocycles. The molecule has 0 bridgehead atoms. The fraction of sp³-hybridized carbons (Fsp3) is 0.455. The molecule has 1 amide bonds. The largest absolute Gasteiger partial charge is 0.464 e. The van der Waals surface area contributed by atoms with Gasteiger partial charge in [0.2, 0.25) is 0 Å². The maximum absolute atomic E-state index is 12.8. The molecular formula is C22H26ClNO3S. The topological polar surface area (TPSA) is 55.4 Å². The van der Waals surface area contributed by atoms with Crippen LogP contribution in [0.15, 0.2) is 36.4 Å². The highest BCUT2D eigenvalue weighted by atomic mass is 35.5. The van der Waals surface area contributed by atoms with E-state index in [1.807, 2.05) is 30.3 Å². The first-order valence-electron chi connectivity index (χ1n) is 9.90. The van der Waals surface area contributed by atoms with Crippen LogP contribution in [-0.2, 0) is 9.53 Å². The number of ether oxygens (including phenoxy) is 1. The van der Waals surface area contributed by atoms with Crippen LogP contribution in [0.1, 0.15) is 55.1 Å². The van der Waals surface area contributed by atoms with E-state index in [-0.39, 0.29) is 11.9 Å². The number of hydrogen-bond acceptors (Lipinski definition) is 4. The quantitative estimate of drug-likeness (QED) is 0.585. The van der Waals surface area contributed by atoms with Crippen LogP contribution in [0.4, 0.5) is 0 Å². The molecule has 1 aliphatic rings. The first kappa shape index (κ1) is 20.9. The number of hydrogen-bond donors (Lipinski definition) is 1. The molecule has 0 aliphatic heterocycles. The van der Waals surface area contributed by atoms with Gasteiger partial charge < -0.3 is 10.1 Å². The molecule has 1 unspecified atom stereocenters. The van der Waals surface area contributed by atoms with Crippen molar-refractivity contribution in [2.75, 3.05) is 6.61 Å². The molecule has 4 nitrogen and oxygen atoms in total. The van der Waals surface area contributed by atoms with E-state index in [0.29, 0.717) is 28.8 Å². The zero-order valence-corrected chi connectivity index (χ0v) is 17.7. The van der Waals surface area contributed by atoms with Crippen LogP contribution < -0.4 is 5.32 Å². The van der Waals surface area contributed by atoms with Crippen molar-refractivity contribution in [1.82, 2.24) is 5.32 Å². The highest BCUT2D eigenvalue weighted by Gasteiger charge is 2.27. The lowest BCUT2D eigenvalue weighted by Gasteiger charge is -2.26. The second kappa shape index (κ2) is 10.1. The molecule has 0 saturated heterocycles. The predicted molar refractivity (Wildman–Crippen MR) is 114 cm³/mol. The van der Waals surface area contributed by atoms with Crippen molar-refractivity contribution in [3.63, 3.8) is 0 Å². The number of carbonyl (C=O) groups is 2. The molecule has 28 heavy (non-hydrogen) atoms. The Hall–Kier alpha value is -1.85. The molecule has 6 heteroatoms. The van der Waals surface area contributed by atoms with Crippen molar-refractivity contribution in [3.8, 4) is 10.4 Å². The number of esters is 1. The Kier molecular flexibility index (Phi) is 7.51. The maximum Gasteiger partial charge on any atom is 0.328 e. The van der Waals surface area contributed by atoms with Crippen molar-refractivity contribution in [3.05, 3.63) is 46.3 Å². The zero-order valence-electron chi connectivity index (χ0n) is 16.1. The molecule has 1 saturated carbocycles. The molecule has 1 aliphatic carbocycles. The lowest BCUT2D eigenvalue weighted by atomic mass is 9.85. The van der Waals surface area contributed by atoms with Gasteiger partial charge in [-0.15, -0.1) is 11.3 Å². The SMILES string of the molecule is CCOC(=O)C(CC1CCCCC1)NC(=O)c1ccc(-c2ccc(Cl)cc2)s1. The van der Waals surface area contributed by atoms with Gasteiger partial charge in [-0.2, -0.15) is 0 Å². The molecule has 3 rings (SSSR count). The maximum atomic E-state index is 12.8. The summed E-state index contributed by atoms with van der Waals surface area (Å²) in [6.07, 6.45) is 6.54. The summed E-state index contributed by atoms with van der Waals surface area (Å²) in [4.78, 5) is 26.7. The van der Waals surface area contributed by atoms with Gasteiger partial charge in [0.1, 0.15) is 6.04 Å². The summed E-state index contributed by atoms with van der Waals surface area (Å²) < 4.78 is 5.21. The molecule has 0 radical (unpaired) electrons. The Morgan fingerprint density at radius 1 is 1.14 bits per heavy atom. The minimum atomic E-state index is -0.586. The van der Waals surface area contributed by atoms with E-state index < -0.39 is 6.04 Å². The Labute approximate surface area is 175 Å². The third-order valence-corrected chi connectivity index (χ3v) is 6.51. The Balaban J connectivity index is 1.68. The van der Waals surface area contributed by atoms with E-state index in [4.69, 9.17) is 16.3 Å². The van der Waals surface area contributed by atoms with E-state index in [1.54, 1.807) is 13.0 Å². The van der Waals surface area contributed by atoms with Crippen molar-refractivity contribution in [2.45, 2.75) is 51.5 Å². The normalized spacial score (nSPS) is 15.8. The monoisotopic (exact) mass is 419 g/mol. The van der Waals surface area contributed by atoms with Crippen LogP contribution in [0.25, 0.3) is 10.4 Å². The average Bonchev–Trinajstić information content (AvgIpc) is 3.19. The summed E-state index contributed by atoms with van der Waals surface area (Å²) in [7, 11) is 0. The standard InChI is InChI=1S/C22H26ClNO3S/c1-2-27-22(26)18(14-15-6-4-3-5-7-15)24-21(25)20-13-12-19(28-20)16-8-10-17(23)11-9-16/h8-13,15,18H,2-7,14H2,1H3,(H,24,25). The van der Waals surface area contributed by atoms with Gasteiger partial charge in [-0.1, -0.05) is 55.8 Å². The highest BCUT2D eigenvalue weighted by molar-refractivity contribution is 7.17. The second-order valence-corrected chi connectivity index (χ2v) is 8.71. The van der Waals surface area contributed by atoms with E-state index in [9.17, 15) is 9.59 Å². The lowest BCUT2D eigenvalue weighted by Crippen LogP contribution is -2.43. The first-order valence-corrected chi connectivity index (χ1v) is 11.1. The van der Waals surface area contributed by atoms with Crippen LogP contribution >= 0.6 is 22.9 Å². The van der Waals surface area contributed by atoms with Crippen molar-refractivity contribution >= 4 is 34.8 Å². The van der Waals surface area contributed by atoms with Gasteiger partial charge in [0.15, 0.2) is 0 Å². The van der Waals surface area contributed by atoms with Crippen LogP contribution in [0.3, 0.4) is 0 Å². The molecule has 1 atom stereocenters. The average molecular weight is 420 g/mol. The van der Waals surface area contributed by atoms with Gasteiger partial charge in [0.25, 0.3) is 5.91 Å². The van der Waals surface area contributed by atoms with Crippen LogP contribution in [0.2, 0.25) is 5.02 Å². The lowest BCUT2D eigenvalue weighted by molar-refractivity contribution is -0.146. The van der Waals surface area contributed by atoms with E-state index in [1.165, 1.54) is 30.6 Å². The van der Waals surface area contributed by atoms with Gasteiger partial charge in [-0.05, 0) is 49.1 Å². The summed E-state index contributed by atoms with van der Waals surface area (Å²) in [5.41, 5.74) is 1.01. The van der Waals surface area contributed by atoms with E-state index in [2.05, 4.69) is 5.32 Å². The fourth-order valence-electron chi connectivity index (χ4n) is 3.67. The third-order valence-electron chi connectivity index (χ3n) is 5.13. The number of rotatable bonds is 7. The molecule has 2 aromatic rings. The van der Waals surface area contributed by atoms with Gasteiger partial charge in [-0.25, -0.2) is 4.79 Å². The predicted octanol–water partition coefficient (Wildman–Crippen LogP) is 5.70. The van der Waals surface area contributed by atoms with Crippen molar-refractivity contribution < 1.29 is 14.3 Å². The molecule has 150 valence electrons. The minimum absolute atomic E-state index is 0.223. The number of nitrogens with one attached hydrogen (secondary N) is 1. The Bertz CT molecular complexity index is 796. The zero-order chi connectivity index (χ0) is 19.9. The van der Waals surface area contributed by atoms with Crippen molar-refractivity contribution in [1.29, 1.82) is 0 Å². The third kappa shape index (κ3) is 5.58. The summed E-state index contributed by atoms with van der Waals surface area (Å²) in [6, 6.07) is 10.7. The fourth-order valence-corrected chi connectivity index (χ4v) is 4.71. The van der Waals surface area contributed by atoms with Crippen molar-refractivity contribution in [2.24, 2.45) is 5.92 Å². The first-order chi connectivity index (χ1) is 13.6. The van der Waals surface area contributed by atoms with Gasteiger partial charge in [0, 0.05) is 9.90 Å². The van der Waals surface area contributed by atoms with E-state index in [0.717, 1.165) is 23.3 Å². The number of halogens is 1. The summed E-state index contributed by atoms with van der Waals surface area (Å²) in [5, 5.41) is 3.59. The summed E-state index contributed by atoms with van der Waals surface area (Å²) in [5.74, 6) is -0.0913. The Morgan fingerprint density at radius 3 is 2.54 bits per heavy atom. The molecule has 1 aromatic carbocycles. The number of benzene rings is 1. The molecule has 1 heterocycles. The smallest absolute Gasteiger partial charge is 0.328 e. The molecule has 1 N–H and O–H groups in total.